The van der Waals surface area contributed by atoms with Crippen molar-refractivity contribution in [2.75, 3.05) is 25.6 Å². The van der Waals surface area contributed by atoms with E-state index in [2.05, 4.69) is 26.7 Å². The number of nitrogens with one attached hydrogen (secondary N) is 2. The van der Waals surface area contributed by atoms with Gasteiger partial charge in [-0.3, -0.25) is 4.79 Å². The van der Waals surface area contributed by atoms with Gasteiger partial charge in [0.15, 0.2) is 0 Å². The van der Waals surface area contributed by atoms with Crippen LogP contribution in [0.5, 0.6) is 0 Å². The third-order valence-corrected chi connectivity index (χ3v) is 4.57. The van der Waals surface area contributed by atoms with E-state index >= 15 is 0 Å². The van der Waals surface area contributed by atoms with E-state index < -0.39 is 12.1 Å². The Morgan fingerprint density at radius 1 is 1.36 bits per heavy atom. The van der Waals surface area contributed by atoms with Crippen LogP contribution >= 0.6 is 0 Å². The molecule has 1 aromatic carbocycles. The maximum absolute atomic E-state index is 12.4. The number of carboxylic acid groups (broad SMARTS) is 1. The highest BCUT2D eigenvalue weighted by atomic mass is 19.4. The number of halogens is 3. The van der Waals surface area contributed by atoms with Gasteiger partial charge in [0.2, 0.25) is 5.95 Å². The SMILES string of the molecule is COCCNc1ncc2c(n1)CCC(NC(=O)c1cccc(C#N)c1)C2.O=C(O)C(F)(F)F. The fourth-order valence-corrected chi connectivity index (χ4v) is 2.98. The van der Waals surface area contributed by atoms with Crippen LogP contribution < -0.4 is 10.6 Å². The molecule has 0 spiro atoms. The van der Waals surface area contributed by atoms with E-state index in [0.717, 1.165) is 24.1 Å². The number of amides is 1. The number of ether oxygens (including phenoxy) is 1. The van der Waals surface area contributed by atoms with Crippen molar-refractivity contribution in [1.29, 1.82) is 5.26 Å². The van der Waals surface area contributed by atoms with Crippen LogP contribution in [0.15, 0.2) is 30.5 Å². The fraction of sp³-hybridized carbons (Fsp3) is 0.381. The molecule has 0 saturated heterocycles. The van der Waals surface area contributed by atoms with Crippen molar-refractivity contribution in [1.82, 2.24) is 15.3 Å². The first kappa shape index (κ1) is 25.5. The van der Waals surface area contributed by atoms with Gasteiger partial charge in [-0.2, -0.15) is 18.4 Å². The number of carboxylic acids is 1. The van der Waals surface area contributed by atoms with Crippen LogP contribution in [0.25, 0.3) is 0 Å². The number of benzene rings is 1. The standard InChI is InChI=1S/C19H21N5O2.C2HF3O2/c1-26-8-7-21-19-22-12-15-10-16(5-6-17(15)24-19)23-18(25)14-4-2-3-13(9-14)11-20;3-2(4,5)1(6)7/h2-4,9,12,16H,5-8,10H2,1H3,(H,23,25)(H,21,22,24);(H,6,7). The Kier molecular flexibility index (Phi) is 9.11. The summed E-state index contributed by atoms with van der Waals surface area (Å²) in [5.74, 6) is -2.31. The molecule has 3 N–H and O–H groups in total. The smallest absolute Gasteiger partial charge is 0.475 e. The molecule has 9 nitrogen and oxygen atoms in total. The van der Waals surface area contributed by atoms with Crippen LogP contribution in [0, 0.1) is 11.3 Å². The third kappa shape index (κ3) is 8.04. The highest BCUT2D eigenvalue weighted by Gasteiger charge is 2.38. The number of carbonyl (C=O) groups is 2. The van der Waals surface area contributed by atoms with E-state index in [1.165, 1.54) is 0 Å². The van der Waals surface area contributed by atoms with Crippen LogP contribution in [-0.4, -0.2) is 59.4 Å². The number of fused-ring (bicyclic) bond motifs is 1. The summed E-state index contributed by atoms with van der Waals surface area (Å²) in [6.45, 7) is 1.26. The number of anilines is 1. The summed E-state index contributed by atoms with van der Waals surface area (Å²) < 4.78 is 36.7. The molecule has 2 aromatic rings. The average Bonchev–Trinajstić information content (AvgIpc) is 2.79. The van der Waals surface area contributed by atoms with Gasteiger partial charge in [0.05, 0.1) is 18.2 Å². The molecule has 0 fully saturated rings. The molecule has 0 bridgehead atoms. The molecular formula is C21H22F3N5O4. The summed E-state index contributed by atoms with van der Waals surface area (Å²) in [6, 6.07) is 8.81. The van der Waals surface area contributed by atoms with Gasteiger partial charge in [-0.05, 0) is 43.0 Å². The van der Waals surface area contributed by atoms with Gasteiger partial charge in [-0.25, -0.2) is 14.8 Å². The maximum atomic E-state index is 12.4. The first-order chi connectivity index (χ1) is 15.6. The maximum Gasteiger partial charge on any atom is 0.490 e. The predicted molar refractivity (Wildman–Crippen MR) is 111 cm³/mol. The average molecular weight is 465 g/mol. The lowest BCUT2D eigenvalue weighted by Gasteiger charge is -2.25. The molecule has 1 aliphatic rings. The summed E-state index contributed by atoms with van der Waals surface area (Å²) in [7, 11) is 1.65. The van der Waals surface area contributed by atoms with Crippen molar-refractivity contribution in [2.45, 2.75) is 31.5 Å². The molecule has 1 amide bonds. The van der Waals surface area contributed by atoms with Crippen LogP contribution in [-0.2, 0) is 22.4 Å². The quantitative estimate of drug-likeness (QED) is 0.553. The Bertz CT molecular complexity index is 1020. The summed E-state index contributed by atoms with van der Waals surface area (Å²) in [5.41, 5.74) is 3.07. The highest BCUT2D eigenvalue weighted by Crippen LogP contribution is 2.20. The number of nitriles is 1. The minimum atomic E-state index is -5.08. The Hall–Kier alpha value is -3.72. The molecule has 0 aliphatic heterocycles. The van der Waals surface area contributed by atoms with Crippen LogP contribution in [0.1, 0.15) is 33.6 Å². The number of hydrogen-bond donors (Lipinski definition) is 3. The van der Waals surface area contributed by atoms with Crippen molar-refractivity contribution < 1.29 is 32.6 Å². The fourth-order valence-electron chi connectivity index (χ4n) is 2.98. The lowest BCUT2D eigenvalue weighted by atomic mass is 9.92. The minimum Gasteiger partial charge on any atom is -0.475 e. The topological polar surface area (TPSA) is 137 Å². The van der Waals surface area contributed by atoms with Crippen molar-refractivity contribution in [3.63, 3.8) is 0 Å². The zero-order chi connectivity index (χ0) is 24.4. The number of nitrogens with zero attached hydrogens (tertiary/aromatic N) is 3. The third-order valence-electron chi connectivity index (χ3n) is 4.57. The Morgan fingerprint density at radius 2 is 2.09 bits per heavy atom. The van der Waals surface area contributed by atoms with E-state index in [1.807, 2.05) is 6.20 Å². The van der Waals surface area contributed by atoms with Crippen LogP contribution in [0.2, 0.25) is 0 Å². The molecule has 0 radical (unpaired) electrons. The number of aryl methyl sites for hydroxylation is 1. The van der Waals surface area contributed by atoms with Gasteiger partial charge in [-0.15, -0.1) is 0 Å². The zero-order valence-corrected chi connectivity index (χ0v) is 17.6. The molecule has 1 aliphatic carbocycles. The van der Waals surface area contributed by atoms with E-state index in [1.54, 1.807) is 31.4 Å². The summed E-state index contributed by atoms with van der Waals surface area (Å²) in [5, 5.41) is 22.3. The Labute approximate surface area is 187 Å². The number of alkyl halides is 3. The molecule has 1 atom stereocenters. The Balaban J connectivity index is 0.000000479. The molecule has 1 unspecified atom stereocenters. The van der Waals surface area contributed by atoms with Gasteiger partial charge in [0.1, 0.15) is 0 Å². The van der Waals surface area contributed by atoms with Gasteiger partial charge in [-0.1, -0.05) is 6.07 Å². The minimum absolute atomic E-state index is 0.0386. The number of aliphatic carboxylic acids is 1. The van der Waals surface area contributed by atoms with E-state index in [-0.39, 0.29) is 11.9 Å². The van der Waals surface area contributed by atoms with Gasteiger partial charge >= 0.3 is 12.1 Å². The second kappa shape index (κ2) is 11.8. The monoisotopic (exact) mass is 465 g/mol. The first-order valence-electron chi connectivity index (χ1n) is 9.82. The molecule has 1 heterocycles. The molecule has 1 aromatic heterocycles. The van der Waals surface area contributed by atoms with E-state index in [0.29, 0.717) is 36.6 Å². The Morgan fingerprint density at radius 3 is 2.73 bits per heavy atom. The largest absolute Gasteiger partial charge is 0.490 e. The molecular weight excluding hydrogens is 443 g/mol. The zero-order valence-electron chi connectivity index (χ0n) is 17.6. The van der Waals surface area contributed by atoms with E-state index in [9.17, 15) is 18.0 Å². The van der Waals surface area contributed by atoms with Gasteiger partial charge in [0, 0.05) is 37.2 Å². The second-order valence-electron chi connectivity index (χ2n) is 6.99. The summed E-state index contributed by atoms with van der Waals surface area (Å²) >= 11 is 0. The lowest BCUT2D eigenvalue weighted by Crippen LogP contribution is -2.39. The lowest BCUT2D eigenvalue weighted by molar-refractivity contribution is -0.192. The van der Waals surface area contributed by atoms with Crippen molar-refractivity contribution >= 4 is 17.8 Å². The van der Waals surface area contributed by atoms with Gasteiger partial charge in [0.25, 0.3) is 5.91 Å². The number of hydrogen-bond acceptors (Lipinski definition) is 7. The second-order valence-corrected chi connectivity index (χ2v) is 6.99. The number of carbonyl (C=O) groups excluding carboxylic acids is 1. The van der Waals surface area contributed by atoms with Crippen LogP contribution in [0.4, 0.5) is 19.1 Å². The first-order valence-corrected chi connectivity index (χ1v) is 9.82. The molecule has 12 heteroatoms. The van der Waals surface area contributed by atoms with Crippen molar-refractivity contribution in [3.05, 3.63) is 52.8 Å². The molecule has 176 valence electrons. The number of rotatable bonds is 6. The normalized spacial score (nSPS) is 14.7. The van der Waals surface area contributed by atoms with Crippen LogP contribution in [0.3, 0.4) is 0 Å². The number of aromatic nitrogens is 2. The molecule has 0 saturated carbocycles. The molecule has 33 heavy (non-hydrogen) atoms. The summed E-state index contributed by atoms with van der Waals surface area (Å²) in [6.07, 6.45) is -0.936. The van der Waals surface area contributed by atoms with E-state index in [4.69, 9.17) is 19.9 Å². The van der Waals surface area contributed by atoms with Gasteiger partial charge < -0.3 is 20.5 Å². The van der Waals surface area contributed by atoms with Crippen molar-refractivity contribution in [3.8, 4) is 6.07 Å². The highest BCUT2D eigenvalue weighted by molar-refractivity contribution is 5.94. The number of methoxy groups -OCH3 is 1. The predicted octanol–water partition coefficient (Wildman–Crippen LogP) is 2.33. The van der Waals surface area contributed by atoms with Crippen molar-refractivity contribution in [2.24, 2.45) is 0 Å². The molecule has 3 rings (SSSR count). The summed E-state index contributed by atoms with van der Waals surface area (Å²) in [4.78, 5) is 30.2.